The summed E-state index contributed by atoms with van der Waals surface area (Å²) in [5.74, 6) is 1.87. The molecule has 17 heavy (non-hydrogen) atoms. The van der Waals surface area contributed by atoms with E-state index in [1.54, 1.807) is 0 Å². The highest BCUT2D eigenvalue weighted by Crippen LogP contribution is 2.42. The van der Waals surface area contributed by atoms with Crippen LogP contribution in [-0.4, -0.2) is 5.11 Å². The highest BCUT2D eigenvalue weighted by molar-refractivity contribution is 9.10. The van der Waals surface area contributed by atoms with Crippen molar-refractivity contribution in [2.24, 2.45) is 5.92 Å². The van der Waals surface area contributed by atoms with Crippen molar-refractivity contribution in [2.45, 2.75) is 51.4 Å². The molecule has 0 bridgehead atoms. The first-order valence-electron chi connectivity index (χ1n) is 6.69. The molecular formula is C15H21BrO. The van der Waals surface area contributed by atoms with E-state index in [4.69, 9.17) is 0 Å². The van der Waals surface area contributed by atoms with Crippen molar-refractivity contribution in [3.8, 4) is 5.75 Å². The van der Waals surface area contributed by atoms with Crippen LogP contribution in [0.15, 0.2) is 22.7 Å². The van der Waals surface area contributed by atoms with E-state index < -0.39 is 0 Å². The third kappa shape index (κ3) is 3.04. The maximum absolute atomic E-state index is 10.1. The van der Waals surface area contributed by atoms with Gasteiger partial charge in [0.25, 0.3) is 0 Å². The number of phenolic OH excluding ortho intramolecular Hbond substituents is 1. The van der Waals surface area contributed by atoms with Gasteiger partial charge in [0.2, 0.25) is 0 Å². The molecule has 0 radical (unpaired) electrons. The van der Waals surface area contributed by atoms with E-state index in [9.17, 15) is 5.11 Å². The van der Waals surface area contributed by atoms with Crippen LogP contribution in [0.5, 0.6) is 5.75 Å². The molecule has 1 saturated carbocycles. The molecule has 0 spiro atoms. The first-order valence-corrected chi connectivity index (χ1v) is 7.49. The minimum Gasteiger partial charge on any atom is -0.506 e. The predicted octanol–water partition coefficient (Wildman–Crippen LogP) is 5.23. The molecule has 2 heteroatoms. The molecule has 1 aliphatic rings. The normalized spacial score (nSPS) is 24.8. The van der Waals surface area contributed by atoms with E-state index in [0.717, 1.165) is 16.0 Å². The number of phenols is 1. The number of hydrogen-bond acceptors (Lipinski definition) is 1. The zero-order chi connectivity index (χ0) is 12.3. The lowest BCUT2D eigenvalue weighted by molar-refractivity contribution is 0.299. The number of benzene rings is 1. The summed E-state index contributed by atoms with van der Waals surface area (Å²) < 4.78 is 0.826. The Morgan fingerprint density at radius 3 is 2.94 bits per heavy atom. The number of rotatable bonds is 3. The minimum absolute atomic E-state index is 0.453. The molecule has 2 atom stereocenters. The summed E-state index contributed by atoms with van der Waals surface area (Å²) in [6, 6.07) is 6.02. The molecule has 1 fully saturated rings. The summed E-state index contributed by atoms with van der Waals surface area (Å²) in [4.78, 5) is 0. The third-order valence-corrected chi connectivity index (χ3v) is 4.58. The number of hydrogen-bond donors (Lipinski definition) is 1. The van der Waals surface area contributed by atoms with Crippen LogP contribution in [0.3, 0.4) is 0 Å². The number of halogens is 1. The molecule has 0 heterocycles. The zero-order valence-electron chi connectivity index (χ0n) is 10.5. The molecule has 0 saturated heterocycles. The van der Waals surface area contributed by atoms with Gasteiger partial charge in [-0.05, 0) is 52.2 Å². The van der Waals surface area contributed by atoms with Gasteiger partial charge >= 0.3 is 0 Å². The van der Waals surface area contributed by atoms with Crippen molar-refractivity contribution < 1.29 is 5.11 Å². The van der Waals surface area contributed by atoms with Crippen LogP contribution < -0.4 is 0 Å². The second-order valence-corrected chi connectivity index (χ2v) is 6.05. The topological polar surface area (TPSA) is 20.2 Å². The fourth-order valence-corrected chi connectivity index (χ4v) is 3.49. The Kier molecular flexibility index (Phi) is 4.49. The molecule has 1 aliphatic carbocycles. The van der Waals surface area contributed by atoms with E-state index in [-0.39, 0.29) is 0 Å². The minimum atomic E-state index is 0.453. The molecule has 1 aromatic carbocycles. The number of aromatic hydroxyl groups is 1. The van der Waals surface area contributed by atoms with E-state index in [1.165, 1.54) is 38.5 Å². The summed E-state index contributed by atoms with van der Waals surface area (Å²) >= 11 is 3.41. The fourth-order valence-electron chi connectivity index (χ4n) is 3.11. The van der Waals surface area contributed by atoms with Gasteiger partial charge in [0.05, 0.1) is 4.47 Å². The van der Waals surface area contributed by atoms with Gasteiger partial charge in [-0.1, -0.05) is 44.7 Å². The van der Waals surface area contributed by atoms with Gasteiger partial charge < -0.3 is 5.11 Å². The fraction of sp³-hybridized carbons (Fsp3) is 0.600. The molecule has 1 N–H and O–H groups in total. The standard InChI is InChI=1S/C15H21BrO/c1-2-5-11-6-3-7-12(10-11)13-8-4-9-14(16)15(13)17/h4,8-9,11-12,17H,2-3,5-7,10H2,1H3/t11-,12-/m0/s1. The molecule has 94 valence electrons. The zero-order valence-corrected chi connectivity index (χ0v) is 12.0. The van der Waals surface area contributed by atoms with Gasteiger partial charge in [-0.15, -0.1) is 0 Å². The van der Waals surface area contributed by atoms with Crippen LogP contribution in [0.1, 0.15) is 56.9 Å². The largest absolute Gasteiger partial charge is 0.506 e. The molecule has 2 rings (SSSR count). The van der Waals surface area contributed by atoms with Crippen molar-refractivity contribution in [1.29, 1.82) is 0 Å². The van der Waals surface area contributed by atoms with E-state index in [2.05, 4.69) is 28.9 Å². The van der Waals surface area contributed by atoms with Crippen LogP contribution in [0.2, 0.25) is 0 Å². The molecule has 0 unspecified atom stereocenters. The van der Waals surface area contributed by atoms with E-state index >= 15 is 0 Å². The Hall–Kier alpha value is -0.500. The van der Waals surface area contributed by atoms with Crippen LogP contribution in [0.4, 0.5) is 0 Å². The Bertz CT molecular complexity index is 373. The molecule has 1 aromatic rings. The lowest BCUT2D eigenvalue weighted by atomic mass is 9.76. The van der Waals surface area contributed by atoms with Crippen molar-refractivity contribution >= 4 is 15.9 Å². The van der Waals surface area contributed by atoms with Gasteiger partial charge in [0, 0.05) is 0 Å². The predicted molar refractivity (Wildman–Crippen MR) is 75.4 cm³/mol. The lowest BCUT2D eigenvalue weighted by Crippen LogP contribution is -2.14. The summed E-state index contributed by atoms with van der Waals surface area (Å²) in [6.45, 7) is 2.26. The molecule has 0 amide bonds. The quantitative estimate of drug-likeness (QED) is 0.810. The average molecular weight is 297 g/mol. The Morgan fingerprint density at radius 1 is 1.35 bits per heavy atom. The van der Waals surface area contributed by atoms with Gasteiger partial charge in [-0.3, -0.25) is 0 Å². The van der Waals surface area contributed by atoms with Crippen molar-refractivity contribution in [3.63, 3.8) is 0 Å². The van der Waals surface area contributed by atoms with Crippen LogP contribution in [0, 0.1) is 5.92 Å². The molecular weight excluding hydrogens is 276 g/mol. The lowest BCUT2D eigenvalue weighted by Gasteiger charge is -2.29. The van der Waals surface area contributed by atoms with E-state index in [1.807, 2.05) is 12.1 Å². The van der Waals surface area contributed by atoms with E-state index in [0.29, 0.717) is 11.7 Å². The maximum Gasteiger partial charge on any atom is 0.133 e. The number of para-hydroxylation sites is 1. The Labute approximate surface area is 112 Å². The summed E-state index contributed by atoms with van der Waals surface area (Å²) in [5.41, 5.74) is 1.14. The maximum atomic E-state index is 10.1. The van der Waals surface area contributed by atoms with Gasteiger partial charge in [-0.2, -0.15) is 0 Å². The molecule has 0 aromatic heterocycles. The van der Waals surface area contributed by atoms with Crippen molar-refractivity contribution in [2.75, 3.05) is 0 Å². The highest BCUT2D eigenvalue weighted by Gasteiger charge is 2.24. The highest BCUT2D eigenvalue weighted by atomic mass is 79.9. The van der Waals surface area contributed by atoms with Crippen molar-refractivity contribution in [1.82, 2.24) is 0 Å². The van der Waals surface area contributed by atoms with Gasteiger partial charge in [0.1, 0.15) is 5.75 Å². The monoisotopic (exact) mass is 296 g/mol. The van der Waals surface area contributed by atoms with Crippen molar-refractivity contribution in [3.05, 3.63) is 28.2 Å². The van der Waals surface area contributed by atoms with Crippen LogP contribution in [0.25, 0.3) is 0 Å². The second kappa shape index (κ2) is 5.90. The average Bonchev–Trinajstić information content (AvgIpc) is 2.33. The summed E-state index contributed by atoms with van der Waals surface area (Å²) in [5, 5.41) is 10.1. The first kappa shape index (κ1) is 12.9. The van der Waals surface area contributed by atoms with Crippen LogP contribution >= 0.6 is 15.9 Å². The Balaban J connectivity index is 2.13. The first-order chi connectivity index (χ1) is 8.22. The Morgan fingerprint density at radius 2 is 2.18 bits per heavy atom. The van der Waals surface area contributed by atoms with Gasteiger partial charge in [-0.25, -0.2) is 0 Å². The second-order valence-electron chi connectivity index (χ2n) is 5.20. The van der Waals surface area contributed by atoms with Crippen LogP contribution in [-0.2, 0) is 0 Å². The summed E-state index contributed by atoms with van der Waals surface area (Å²) in [6.07, 6.45) is 7.77. The summed E-state index contributed by atoms with van der Waals surface area (Å²) in [7, 11) is 0. The smallest absolute Gasteiger partial charge is 0.133 e. The van der Waals surface area contributed by atoms with Gasteiger partial charge in [0.15, 0.2) is 0 Å². The SMILES string of the molecule is CCC[C@H]1CCC[C@H](c2cccc(Br)c2O)C1. The molecule has 0 aliphatic heterocycles. The molecule has 1 nitrogen and oxygen atoms in total. The third-order valence-electron chi connectivity index (χ3n) is 3.94.